The molecule has 0 saturated heterocycles. The number of halogens is 2. The molecule has 0 aliphatic rings. The van der Waals surface area contributed by atoms with E-state index in [1.807, 2.05) is 24.0 Å². The fourth-order valence-corrected chi connectivity index (χ4v) is 1.53. The van der Waals surface area contributed by atoms with Crippen molar-refractivity contribution in [2.24, 2.45) is 7.05 Å². The van der Waals surface area contributed by atoms with E-state index in [0.717, 1.165) is 10.9 Å². The van der Waals surface area contributed by atoms with Gasteiger partial charge in [-0.05, 0) is 11.6 Å². The van der Waals surface area contributed by atoms with Crippen molar-refractivity contribution in [2.75, 3.05) is 0 Å². The first-order valence-corrected chi connectivity index (χ1v) is 4.07. The molecule has 0 radical (unpaired) electrons. The molecule has 0 N–H and O–H groups in total. The van der Waals surface area contributed by atoms with Gasteiger partial charge in [-0.15, -0.1) is 0 Å². The first-order valence-electron chi connectivity index (χ1n) is 3.31. The molecule has 2 aromatic rings. The lowest BCUT2D eigenvalue weighted by Gasteiger charge is -1.91. The van der Waals surface area contributed by atoms with E-state index in [4.69, 9.17) is 23.2 Å². The molecule has 12 heavy (non-hydrogen) atoms. The van der Waals surface area contributed by atoms with Gasteiger partial charge in [0.25, 0.3) is 0 Å². The molecule has 0 amide bonds. The predicted octanol–water partition coefficient (Wildman–Crippen LogP) is 2.28. The highest BCUT2D eigenvalue weighted by atomic mass is 35.5. The topological polar surface area (TPSA) is 30.7 Å². The number of rotatable bonds is 0. The van der Waals surface area contributed by atoms with Gasteiger partial charge in [0.2, 0.25) is 5.28 Å². The Morgan fingerprint density at radius 2 is 2.00 bits per heavy atom. The van der Waals surface area contributed by atoms with Gasteiger partial charge < -0.3 is 4.57 Å². The minimum absolute atomic E-state index is 0.179. The Bertz CT molecular complexity index is 435. The molecule has 5 heteroatoms. The molecule has 2 rings (SSSR count). The molecule has 3 nitrogen and oxygen atoms in total. The average molecular weight is 202 g/mol. The van der Waals surface area contributed by atoms with E-state index in [2.05, 4.69) is 9.97 Å². The Kier molecular flexibility index (Phi) is 1.70. The summed E-state index contributed by atoms with van der Waals surface area (Å²) in [6, 6.07) is 0. The smallest absolute Gasteiger partial charge is 0.224 e. The van der Waals surface area contributed by atoms with Crippen LogP contribution in [0.1, 0.15) is 0 Å². The minimum atomic E-state index is 0.179. The van der Waals surface area contributed by atoms with Crippen molar-refractivity contribution in [2.45, 2.75) is 0 Å². The Balaban J connectivity index is 2.88. The molecular weight excluding hydrogens is 197 g/mol. The van der Waals surface area contributed by atoms with Crippen LogP contribution in [0.3, 0.4) is 0 Å². The lowest BCUT2D eigenvalue weighted by Crippen LogP contribution is -1.82. The van der Waals surface area contributed by atoms with Gasteiger partial charge in [-0.2, -0.15) is 0 Å². The number of aromatic nitrogens is 3. The molecule has 0 atom stereocenters. The summed E-state index contributed by atoms with van der Waals surface area (Å²) < 4.78 is 1.86. The average Bonchev–Trinajstić information content (AvgIpc) is 2.29. The Morgan fingerprint density at radius 1 is 1.25 bits per heavy atom. The van der Waals surface area contributed by atoms with Crippen LogP contribution in [0.15, 0.2) is 12.4 Å². The second-order valence-corrected chi connectivity index (χ2v) is 3.20. The first kappa shape index (κ1) is 7.83. The maximum atomic E-state index is 5.83. The third kappa shape index (κ3) is 1.15. The van der Waals surface area contributed by atoms with E-state index in [-0.39, 0.29) is 5.28 Å². The van der Waals surface area contributed by atoms with Gasteiger partial charge >= 0.3 is 0 Å². The lowest BCUT2D eigenvalue weighted by atomic mass is 10.4. The molecule has 0 aliphatic carbocycles. The van der Waals surface area contributed by atoms with E-state index in [1.165, 1.54) is 0 Å². The van der Waals surface area contributed by atoms with E-state index in [0.29, 0.717) is 5.15 Å². The van der Waals surface area contributed by atoms with Crippen LogP contribution in [0.4, 0.5) is 0 Å². The van der Waals surface area contributed by atoms with Gasteiger partial charge in [0.15, 0.2) is 0 Å². The third-order valence-corrected chi connectivity index (χ3v) is 2.02. The fourth-order valence-electron chi connectivity index (χ4n) is 1.08. The van der Waals surface area contributed by atoms with Gasteiger partial charge in [0.1, 0.15) is 5.15 Å². The summed E-state index contributed by atoms with van der Waals surface area (Å²) in [5, 5.41) is 1.40. The lowest BCUT2D eigenvalue weighted by molar-refractivity contribution is 0.932. The zero-order chi connectivity index (χ0) is 8.72. The molecule has 0 spiro atoms. The van der Waals surface area contributed by atoms with Crippen LogP contribution < -0.4 is 0 Å². The molecule has 0 aliphatic heterocycles. The number of aryl methyl sites for hydroxylation is 1. The van der Waals surface area contributed by atoms with E-state index in [9.17, 15) is 0 Å². The van der Waals surface area contributed by atoms with Gasteiger partial charge in [0, 0.05) is 19.4 Å². The molecule has 0 bridgehead atoms. The normalized spacial score (nSPS) is 10.9. The van der Waals surface area contributed by atoms with Crippen LogP contribution in [-0.4, -0.2) is 14.5 Å². The second kappa shape index (κ2) is 2.61. The Hall–Kier alpha value is -0.800. The quantitative estimate of drug-likeness (QED) is 0.484. The van der Waals surface area contributed by atoms with Gasteiger partial charge in [-0.3, -0.25) is 0 Å². The van der Waals surface area contributed by atoms with Crippen LogP contribution in [0.25, 0.3) is 10.9 Å². The molecule has 0 saturated carbocycles. The Labute approximate surface area is 78.9 Å². The monoisotopic (exact) mass is 201 g/mol. The van der Waals surface area contributed by atoms with E-state index < -0.39 is 0 Å². The van der Waals surface area contributed by atoms with Crippen molar-refractivity contribution in [3.8, 4) is 0 Å². The van der Waals surface area contributed by atoms with Crippen molar-refractivity contribution in [3.63, 3.8) is 0 Å². The van der Waals surface area contributed by atoms with Crippen LogP contribution in [0, 0.1) is 0 Å². The van der Waals surface area contributed by atoms with Crippen LogP contribution >= 0.6 is 23.2 Å². The first-order chi connectivity index (χ1) is 5.66. The molecule has 0 unspecified atom stereocenters. The maximum Gasteiger partial charge on any atom is 0.224 e. The zero-order valence-electron chi connectivity index (χ0n) is 6.25. The van der Waals surface area contributed by atoms with E-state index >= 15 is 0 Å². The maximum absolute atomic E-state index is 5.83. The zero-order valence-corrected chi connectivity index (χ0v) is 7.76. The summed E-state index contributed by atoms with van der Waals surface area (Å²) in [5.74, 6) is 0. The minimum Gasteiger partial charge on any atom is -0.354 e. The van der Waals surface area contributed by atoms with Crippen molar-refractivity contribution in [1.29, 1.82) is 0 Å². The summed E-state index contributed by atoms with van der Waals surface area (Å²) in [6.45, 7) is 0. The molecule has 2 aromatic heterocycles. The van der Waals surface area contributed by atoms with Crippen molar-refractivity contribution in [1.82, 2.24) is 14.5 Å². The highest BCUT2D eigenvalue weighted by Gasteiger charge is 2.05. The van der Waals surface area contributed by atoms with Gasteiger partial charge in [-0.1, -0.05) is 11.6 Å². The summed E-state index contributed by atoms with van der Waals surface area (Å²) in [5.41, 5.74) is 0.766. The SMILES string of the molecule is Cn1cc2nc(Cl)nc(Cl)c2c1. The van der Waals surface area contributed by atoms with Crippen molar-refractivity contribution < 1.29 is 0 Å². The highest BCUT2D eigenvalue weighted by molar-refractivity contribution is 6.35. The van der Waals surface area contributed by atoms with Crippen molar-refractivity contribution >= 4 is 34.1 Å². The third-order valence-electron chi connectivity index (χ3n) is 1.56. The summed E-state index contributed by atoms with van der Waals surface area (Å²) >= 11 is 11.4. The van der Waals surface area contributed by atoms with Crippen LogP contribution in [0.5, 0.6) is 0 Å². The predicted molar refractivity (Wildman–Crippen MR) is 48.5 cm³/mol. The number of hydrogen-bond acceptors (Lipinski definition) is 2. The number of nitrogens with zero attached hydrogens (tertiary/aromatic N) is 3. The summed E-state index contributed by atoms with van der Waals surface area (Å²) in [4.78, 5) is 7.83. The molecule has 2 heterocycles. The van der Waals surface area contributed by atoms with Gasteiger partial charge in [0.05, 0.1) is 10.9 Å². The molecule has 0 aromatic carbocycles. The standard InChI is InChI=1S/C7H5Cl2N3/c1-12-2-4-5(3-12)10-7(9)11-6(4)8/h2-3H,1H3. The number of hydrogen-bond donors (Lipinski definition) is 0. The fraction of sp³-hybridized carbons (Fsp3) is 0.143. The van der Waals surface area contributed by atoms with Crippen LogP contribution in [-0.2, 0) is 7.05 Å². The highest BCUT2D eigenvalue weighted by Crippen LogP contribution is 2.21. The molecular formula is C7H5Cl2N3. The van der Waals surface area contributed by atoms with Crippen LogP contribution in [0.2, 0.25) is 10.4 Å². The summed E-state index contributed by atoms with van der Waals surface area (Å²) in [6.07, 6.45) is 3.70. The molecule has 0 fully saturated rings. The van der Waals surface area contributed by atoms with E-state index in [1.54, 1.807) is 0 Å². The number of fused-ring (bicyclic) bond motifs is 1. The largest absolute Gasteiger partial charge is 0.354 e. The Morgan fingerprint density at radius 3 is 2.75 bits per heavy atom. The second-order valence-electron chi connectivity index (χ2n) is 2.51. The summed E-state index contributed by atoms with van der Waals surface area (Å²) in [7, 11) is 1.89. The van der Waals surface area contributed by atoms with Gasteiger partial charge in [-0.25, -0.2) is 9.97 Å². The van der Waals surface area contributed by atoms with Crippen molar-refractivity contribution in [3.05, 3.63) is 22.8 Å². The molecule has 62 valence electrons.